The molecule has 0 aliphatic heterocycles. The second-order valence-corrected chi connectivity index (χ2v) is 6.52. The minimum atomic E-state index is -0.352. The number of amides is 1. The van der Waals surface area contributed by atoms with Crippen LogP contribution in [0.15, 0.2) is 29.4 Å². The number of aryl methyl sites for hydroxylation is 1. The number of nitrogens with two attached hydrogens (primary N) is 1. The standard InChI is InChI=1S/C16H19N5OS/c1-3-9-21-11-8-6-5-7-10(11)13-15(21)18-16(20-19-13)23-12(4-2)14(17)22/h5-8,12H,3-4,9H2,1-2H3,(H2,17,22). The van der Waals surface area contributed by atoms with Crippen LogP contribution in [0.1, 0.15) is 26.7 Å². The molecule has 1 atom stereocenters. The van der Waals surface area contributed by atoms with Gasteiger partial charge in [-0.1, -0.05) is 43.8 Å². The van der Waals surface area contributed by atoms with Crippen LogP contribution in [0.25, 0.3) is 22.1 Å². The van der Waals surface area contributed by atoms with E-state index in [0.717, 1.165) is 35.0 Å². The summed E-state index contributed by atoms with van der Waals surface area (Å²) in [4.78, 5) is 16.1. The quantitative estimate of drug-likeness (QED) is 0.703. The van der Waals surface area contributed by atoms with E-state index in [9.17, 15) is 4.79 Å². The predicted molar refractivity (Wildman–Crippen MR) is 92.3 cm³/mol. The molecule has 0 spiro atoms. The van der Waals surface area contributed by atoms with Crippen molar-refractivity contribution in [3.05, 3.63) is 24.3 Å². The number of thioether (sulfide) groups is 1. The van der Waals surface area contributed by atoms with Crippen molar-refractivity contribution < 1.29 is 4.79 Å². The highest BCUT2D eigenvalue weighted by Gasteiger charge is 2.19. The zero-order chi connectivity index (χ0) is 16.4. The van der Waals surface area contributed by atoms with E-state index < -0.39 is 0 Å². The van der Waals surface area contributed by atoms with E-state index in [4.69, 9.17) is 5.73 Å². The molecular formula is C16H19N5OS. The van der Waals surface area contributed by atoms with Gasteiger partial charge in [-0.3, -0.25) is 4.79 Å². The van der Waals surface area contributed by atoms with Crippen molar-refractivity contribution in [1.29, 1.82) is 0 Å². The van der Waals surface area contributed by atoms with Gasteiger partial charge in [0.25, 0.3) is 0 Å². The number of rotatable bonds is 6. The SMILES string of the molecule is CCCn1c2ccccc2c2nnc(SC(CC)C(N)=O)nc21. The highest BCUT2D eigenvalue weighted by molar-refractivity contribution is 8.00. The molecule has 0 radical (unpaired) electrons. The van der Waals surface area contributed by atoms with Gasteiger partial charge in [0.15, 0.2) is 5.65 Å². The van der Waals surface area contributed by atoms with Crippen molar-refractivity contribution in [2.45, 2.75) is 43.6 Å². The third kappa shape index (κ3) is 2.88. The van der Waals surface area contributed by atoms with E-state index in [2.05, 4.69) is 32.7 Å². The molecule has 6 nitrogen and oxygen atoms in total. The number of hydrogen-bond acceptors (Lipinski definition) is 5. The van der Waals surface area contributed by atoms with Crippen LogP contribution in [0.3, 0.4) is 0 Å². The van der Waals surface area contributed by atoms with Gasteiger partial charge < -0.3 is 10.3 Å². The summed E-state index contributed by atoms with van der Waals surface area (Å²) in [5, 5.41) is 9.74. The van der Waals surface area contributed by atoms with Crippen molar-refractivity contribution in [2.75, 3.05) is 0 Å². The van der Waals surface area contributed by atoms with Crippen LogP contribution >= 0.6 is 11.8 Å². The summed E-state index contributed by atoms with van der Waals surface area (Å²) in [5.74, 6) is -0.352. The first-order chi connectivity index (χ1) is 11.2. The normalized spacial score (nSPS) is 12.8. The lowest BCUT2D eigenvalue weighted by molar-refractivity contribution is -0.117. The van der Waals surface area contributed by atoms with Crippen LogP contribution in [0.4, 0.5) is 0 Å². The van der Waals surface area contributed by atoms with E-state index >= 15 is 0 Å². The van der Waals surface area contributed by atoms with Gasteiger partial charge in [0.1, 0.15) is 5.52 Å². The highest BCUT2D eigenvalue weighted by atomic mass is 32.2. The third-order valence-electron chi connectivity index (χ3n) is 3.74. The van der Waals surface area contributed by atoms with Crippen molar-refractivity contribution in [3.8, 4) is 0 Å². The Balaban J connectivity index is 2.13. The Morgan fingerprint density at radius 2 is 2.09 bits per heavy atom. The Hall–Kier alpha value is -2.15. The molecule has 7 heteroatoms. The first-order valence-electron chi connectivity index (χ1n) is 7.73. The third-order valence-corrected chi connectivity index (χ3v) is 4.97. The second-order valence-electron chi connectivity index (χ2n) is 5.35. The van der Waals surface area contributed by atoms with Crippen molar-refractivity contribution in [3.63, 3.8) is 0 Å². The first kappa shape index (κ1) is 15.7. The Kier molecular flexibility index (Phi) is 4.47. The maximum atomic E-state index is 11.4. The number of carbonyl (C=O) groups excluding carboxylic acids is 1. The number of primary amides is 1. The molecule has 0 aliphatic rings. The molecule has 0 aliphatic carbocycles. The van der Waals surface area contributed by atoms with Gasteiger partial charge in [-0.15, -0.1) is 10.2 Å². The molecular weight excluding hydrogens is 310 g/mol. The number of carbonyl (C=O) groups is 1. The summed E-state index contributed by atoms with van der Waals surface area (Å²) < 4.78 is 2.16. The molecule has 0 fully saturated rings. The van der Waals surface area contributed by atoms with Gasteiger partial charge in [0.2, 0.25) is 11.1 Å². The van der Waals surface area contributed by atoms with Crippen LogP contribution in [0, 0.1) is 0 Å². The molecule has 1 amide bonds. The number of fused-ring (bicyclic) bond motifs is 3. The zero-order valence-electron chi connectivity index (χ0n) is 13.2. The fourth-order valence-corrected chi connectivity index (χ4v) is 3.42. The lowest BCUT2D eigenvalue weighted by Gasteiger charge is -2.09. The number of benzene rings is 1. The summed E-state index contributed by atoms with van der Waals surface area (Å²) in [6.45, 7) is 4.91. The lowest BCUT2D eigenvalue weighted by atomic mass is 10.2. The minimum absolute atomic E-state index is 0.335. The molecule has 2 heterocycles. The maximum Gasteiger partial charge on any atom is 0.231 e. The highest BCUT2D eigenvalue weighted by Crippen LogP contribution is 2.28. The fraction of sp³-hybridized carbons (Fsp3) is 0.375. The Morgan fingerprint density at radius 1 is 1.30 bits per heavy atom. The molecule has 3 rings (SSSR count). The molecule has 0 saturated heterocycles. The smallest absolute Gasteiger partial charge is 0.231 e. The monoisotopic (exact) mass is 329 g/mol. The van der Waals surface area contributed by atoms with Crippen molar-refractivity contribution in [2.24, 2.45) is 5.73 Å². The Bertz CT molecular complexity index is 860. The molecule has 120 valence electrons. The number of para-hydroxylation sites is 1. The molecule has 0 saturated carbocycles. The average molecular weight is 329 g/mol. The number of hydrogen-bond donors (Lipinski definition) is 1. The molecule has 2 N–H and O–H groups in total. The summed E-state index contributed by atoms with van der Waals surface area (Å²) in [6.07, 6.45) is 1.64. The maximum absolute atomic E-state index is 11.4. The Morgan fingerprint density at radius 3 is 2.78 bits per heavy atom. The van der Waals surface area contributed by atoms with Gasteiger partial charge in [-0.2, -0.15) is 0 Å². The summed E-state index contributed by atoms with van der Waals surface area (Å²) in [6, 6.07) is 8.10. The van der Waals surface area contributed by atoms with E-state index in [-0.39, 0.29) is 11.2 Å². The van der Waals surface area contributed by atoms with Gasteiger partial charge in [-0.25, -0.2) is 4.98 Å². The fourth-order valence-electron chi connectivity index (χ4n) is 2.66. The zero-order valence-corrected chi connectivity index (χ0v) is 14.0. The van der Waals surface area contributed by atoms with Crippen molar-refractivity contribution in [1.82, 2.24) is 19.7 Å². The van der Waals surface area contributed by atoms with E-state index in [0.29, 0.717) is 11.6 Å². The molecule has 1 unspecified atom stereocenters. The average Bonchev–Trinajstić information content (AvgIpc) is 2.87. The Labute approximate surface area is 138 Å². The van der Waals surface area contributed by atoms with E-state index in [1.165, 1.54) is 11.8 Å². The van der Waals surface area contributed by atoms with Crippen molar-refractivity contribution >= 4 is 39.7 Å². The summed E-state index contributed by atoms with van der Waals surface area (Å²) in [5.41, 5.74) is 8.12. The largest absolute Gasteiger partial charge is 0.369 e. The summed E-state index contributed by atoms with van der Waals surface area (Å²) in [7, 11) is 0. The van der Waals surface area contributed by atoms with Crippen LogP contribution in [0.2, 0.25) is 0 Å². The van der Waals surface area contributed by atoms with Gasteiger partial charge >= 0.3 is 0 Å². The van der Waals surface area contributed by atoms with Crippen LogP contribution in [0.5, 0.6) is 0 Å². The van der Waals surface area contributed by atoms with E-state index in [1.54, 1.807) is 0 Å². The second kappa shape index (κ2) is 6.54. The molecule has 1 aromatic carbocycles. The summed E-state index contributed by atoms with van der Waals surface area (Å²) >= 11 is 1.28. The molecule has 23 heavy (non-hydrogen) atoms. The minimum Gasteiger partial charge on any atom is -0.369 e. The molecule has 2 aromatic heterocycles. The van der Waals surface area contributed by atoms with E-state index in [1.807, 2.05) is 25.1 Å². The van der Waals surface area contributed by atoms with Crippen LogP contribution in [-0.2, 0) is 11.3 Å². The predicted octanol–water partition coefficient (Wildman–Crippen LogP) is 2.75. The topological polar surface area (TPSA) is 86.7 Å². The molecule has 0 bridgehead atoms. The molecule has 3 aromatic rings. The van der Waals surface area contributed by atoms with Crippen LogP contribution in [-0.4, -0.2) is 30.9 Å². The first-order valence-corrected chi connectivity index (χ1v) is 8.61. The van der Waals surface area contributed by atoms with Gasteiger partial charge in [-0.05, 0) is 18.9 Å². The van der Waals surface area contributed by atoms with Gasteiger partial charge in [0, 0.05) is 11.9 Å². The number of nitrogens with zero attached hydrogens (tertiary/aromatic N) is 4. The van der Waals surface area contributed by atoms with Gasteiger partial charge in [0.05, 0.1) is 10.8 Å². The lowest BCUT2D eigenvalue weighted by Crippen LogP contribution is -2.25. The van der Waals surface area contributed by atoms with Crippen LogP contribution < -0.4 is 5.73 Å². The number of aromatic nitrogens is 4.